The van der Waals surface area contributed by atoms with Crippen LogP contribution in [0.5, 0.6) is 0 Å². The summed E-state index contributed by atoms with van der Waals surface area (Å²) >= 11 is 0. The maximum absolute atomic E-state index is 10.6. The first-order valence-electron chi connectivity index (χ1n) is 13.6. The van der Waals surface area contributed by atoms with Crippen molar-refractivity contribution in [2.45, 2.75) is 126 Å². The van der Waals surface area contributed by atoms with Gasteiger partial charge in [-0.2, -0.15) is 0 Å². The lowest BCUT2D eigenvalue weighted by atomic mass is 9.97. The number of hydrogen-bond acceptors (Lipinski definition) is 12. The normalized spacial score (nSPS) is 36.6. The first-order chi connectivity index (χ1) is 17.8. The Kier molecular flexibility index (Phi) is 15.9. The van der Waals surface area contributed by atoms with Crippen LogP contribution in [0.15, 0.2) is 0 Å². The van der Waals surface area contributed by atoms with Crippen molar-refractivity contribution in [1.82, 2.24) is 0 Å². The minimum absolute atomic E-state index is 0.197. The fourth-order valence-electron chi connectivity index (χ4n) is 4.49. The smallest absolute Gasteiger partial charge is 0.187 e. The first kappa shape index (κ1) is 32.7. The van der Waals surface area contributed by atoms with Gasteiger partial charge in [-0.05, 0) is 12.8 Å². The van der Waals surface area contributed by atoms with Gasteiger partial charge < -0.3 is 59.4 Å². The minimum atomic E-state index is -1.71. The molecule has 2 saturated heterocycles. The van der Waals surface area contributed by atoms with Crippen molar-refractivity contribution in [3.8, 4) is 0 Å². The van der Waals surface area contributed by atoms with E-state index in [9.17, 15) is 35.7 Å². The third-order valence-electron chi connectivity index (χ3n) is 6.82. The molecule has 0 spiro atoms. The van der Waals surface area contributed by atoms with Crippen LogP contribution in [0, 0.1) is 0 Å². The molecule has 2 aliphatic heterocycles. The molecule has 0 aromatic rings. The van der Waals surface area contributed by atoms with E-state index in [2.05, 4.69) is 6.92 Å². The van der Waals surface area contributed by atoms with Crippen molar-refractivity contribution in [2.75, 3.05) is 33.0 Å². The molecule has 12 heteroatoms. The average molecular weight is 541 g/mol. The van der Waals surface area contributed by atoms with Gasteiger partial charge in [0.2, 0.25) is 0 Å². The first-order valence-corrected chi connectivity index (χ1v) is 13.6. The van der Waals surface area contributed by atoms with E-state index in [0.717, 1.165) is 12.8 Å². The third kappa shape index (κ3) is 10.2. The standard InChI is InChI=1S/C25H48O12/c1-2-3-4-5-6-7-8-9-11-33-12-10-13-34-24-22(32)20(30)23(17(15-27)36-24)37-25-21(31)19(29)18(28)16(14-26)35-25/h16-32H,2-15H2,1H3/t16?,17?,18-,19?,20?,21+,22+,23-,24?,25?/m0/s1. The van der Waals surface area contributed by atoms with Crippen molar-refractivity contribution in [3.05, 3.63) is 0 Å². The van der Waals surface area contributed by atoms with Crippen molar-refractivity contribution >= 4 is 0 Å². The highest BCUT2D eigenvalue weighted by atomic mass is 16.7. The Morgan fingerprint density at radius 2 is 1.14 bits per heavy atom. The summed E-state index contributed by atoms with van der Waals surface area (Å²) in [6, 6.07) is 0. The van der Waals surface area contributed by atoms with E-state index in [-0.39, 0.29) is 6.61 Å². The molecule has 6 unspecified atom stereocenters. The summed E-state index contributed by atoms with van der Waals surface area (Å²) in [5, 5.41) is 70.2. The predicted molar refractivity (Wildman–Crippen MR) is 130 cm³/mol. The molecule has 0 aromatic heterocycles. The lowest BCUT2D eigenvalue weighted by molar-refractivity contribution is -0.359. The van der Waals surface area contributed by atoms with E-state index in [0.29, 0.717) is 19.6 Å². The second-order valence-electron chi connectivity index (χ2n) is 9.82. The van der Waals surface area contributed by atoms with Crippen LogP contribution >= 0.6 is 0 Å². The van der Waals surface area contributed by atoms with Gasteiger partial charge in [0.05, 0.1) is 19.8 Å². The molecule has 2 aliphatic rings. The van der Waals surface area contributed by atoms with Crippen LogP contribution in [-0.2, 0) is 23.7 Å². The van der Waals surface area contributed by atoms with Crippen LogP contribution in [0.25, 0.3) is 0 Å². The number of unbranched alkanes of at least 4 members (excludes halogenated alkanes) is 7. The predicted octanol–water partition coefficient (Wildman–Crippen LogP) is -0.825. The molecule has 37 heavy (non-hydrogen) atoms. The second kappa shape index (κ2) is 18.0. The lowest BCUT2D eigenvalue weighted by Crippen LogP contribution is -2.64. The van der Waals surface area contributed by atoms with Gasteiger partial charge in [0.1, 0.15) is 48.8 Å². The van der Waals surface area contributed by atoms with E-state index in [1.807, 2.05) is 0 Å². The topological polar surface area (TPSA) is 188 Å². The van der Waals surface area contributed by atoms with Gasteiger partial charge >= 0.3 is 0 Å². The Labute approximate surface area is 219 Å². The van der Waals surface area contributed by atoms with Crippen LogP contribution in [0.2, 0.25) is 0 Å². The van der Waals surface area contributed by atoms with Gasteiger partial charge in [-0.3, -0.25) is 0 Å². The van der Waals surface area contributed by atoms with E-state index >= 15 is 0 Å². The number of rotatable bonds is 18. The maximum atomic E-state index is 10.6. The fourth-order valence-corrected chi connectivity index (χ4v) is 4.49. The van der Waals surface area contributed by atoms with Crippen molar-refractivity contribution in [3.63, 3.8) is 0 Å². The molecular formula is C25H48O12. The maximum Gasteiger partial charge on any atom is 0.187 e. The molecule has 0 aliphatic carbocycles. The molecule has 0 aromatic carbocycles. The lowest BCUT2D eigenvalue weighted by Gasteiger charge is -2.45. The van der Waals surface area contributed by atoms with Crippen molar-refractivity contribution < 1.29 is 59.4 Å². The molecule has 2 heterocycles. The van der Waals surface area contributed by atoms with Gasteiger partial charge in [0.25, 0.3) is 0 Å². The monoisotopic (exact) mass is 540 g/mol. The Hall–Kier alpha value is -0.480. The molecule has 12 nitrogen and oxygen atoms in total. The molecule has 0 bridgehead atoms. The molecule has 220 valence electrons. The summed E-state index contributed by atoms with van der Waals surface area (Å²) in [7, 11) is 0. The van der Waals surface area contributed by atoms with E-state index in [4.69, 9.17) is 23.7 Å². The Morgan fingerprint density at radius 3 is 1.78 bits per heavy atom. The minimum Gasteiger partial charge on any atom is -0.394 e. The van der Waals surface area contributed by atoms with Crippen LogP contribution in [0.3, 0.4) is 0 Å². The Bertz CT molecular complexity index is 580. The highest BCUT2D eigenvalue weighted by Gasteiger charge is 2.50. The Balaban J connectivity index is 1.68. The summed E-state index contributed by atoms with van der Waals surface area (Å²) in [5.74, 6) is 0. The molecular weight excluding hydrogens is 492 g/mol. The van der Waals surface area contributed by atoms with E-state index < -0.39 is 74.6 Å². The van der Waals surface area contributed by atoms with Crippen LogP contribution in [0.1, 0.15) is 64.7 Å². The van der Waals surface area contributed by atoms with Crippen LogP contribution in [-0.4, -0.2) is 130 Å². The number of aliphatic hydroxyl groups is 7. The van der Waals surface area contributed by atoms with Crippen molar-refractivity contribution in [2.24, 2.45) is 0 Å². The summed E-state index contributed by atoms with van der Waals surface area (Å²) in [4.78, 5) is 0. The third-order valence-corrected chi connectivity index (χ3v) is 6.82. The molecule has 2 rings (SSSR count). The summed E-state index contributed by atoms with van der Waals surface area (Å²) in [5.41, 5.74) is 0. The zero-order valence-electron chi connectivity index (χ0n) is 21.8. The molecule has 10 atom stereocenters. The van der Waals surface area contributed by atoms with Gasteiger partial charge in [-0.15, -0.1) is 0 Å². The molecule has 2 fully saturated rings. The summed E-state index contributed by atoms with van der Waals surface area (Å²) in [6.45, 7) is 2.31. The van der Waals surface area contributed by atoms with E-state index in [1.165, 1.54) is 38.5 Å². The summed E-state index contributed by atoms with van der Waals surface area (Å²) in [6.07, 6.45) is -4.18. The second-order valence-corrected chi connectivity index (χ2v) is 9.82. The highest BCUT2D eigenvalue weighted by molar-refractivity contribution is 4.94. The highest BCUT2D eigenvalue weighted by Crippen LogP contribution is 2.29. The Morgan fingerprint density at radius 1 is 0.568 bits per heavy atom. The molecule has 0 saturated carbocycles. The number of ether oxygens (including phenoxy) is 5. The van der Waals surface area contributed by atoms with Gasteiger partial charge in [0, 0.05) is 13.2 Å². The van der Waals surface area contributed by atoms with Gasteiger partial charge in [-0.1, -0.05) is 51.9 Å². The van der Waals surface area contributed by atoms with E-state index in [1.54, 1.807) is 0 Å². The molecule has 7 N–H and O–H groups in total. The number of aliphatic hydroxyl groups excluding tert-OH is 7. The van der Waals surface area contributed by atoms with Crippen LogP contribution < -0.4 is 0 Å². The average Bonchev–Trinajstić information content (AvgIpc) is 2.90. The largest absolute Gasteiger partial charge is 0.394 e. The fraction of sp³-hybridized carbons (Fsp3) is 1.00. The molecule has 0 amide bonds. The molecule has 0 radical (unpaired) electrons. The van der Waals surface area contributed by atoms with Gasteiger partial charge in [-0.25, -0.2) is 0 Å². The van der Waals surface area contributed by atoms with Gasteiger partial charge in [0.15, 0.2) is 12.6 Å². The van der Waals surface area contributed by atoms with Crippen molar-refractivity contribution in [1.29, 1.82) is 0 Å². The number of hydrogen-bond donors (Lipinski definition) is 7. The zero-order valence-corrected chi connectivity index (χ0v) is 21.8. The quantitative estimate of drug-likeness (QED) is 0.107. The summed E-state index contributed by atoms with van der Waals surface area (Å²) < 4.78 is 27.5. The van der Waals surface area contributed by atoms with Crippen LogP contribution in [0.4, 0.5) is 0 Å². The SMILES string of the molecule is CCCCCCCCCCOCCCOC1OC(CO)[C@H](OC2OC(CO)[C@H](O)C(O)[C@H]2O)C(O)[C@H]1O. The zero-order chi connectivity index (χ0) is 27.2.